The molecular formula is C16H16N4O2S. The Kier molecular flexibility index (Phi) is 4.22. The number of pyridine rings is 1. The van der Waals surface area contributed by atoms with E-state index in [1.807, 2.05) is 36.5 Å². The second-order valence-corrected chi connectivity index (χ2v) is 6.79. The maximum atomic E-state index is 12.3. The number of nitrogens with zero attached hydrogens (tertiary/aromatic N) is 3. The number of hydrogen-bond acceptors (Lipinski definition) is 4. The maximum Gasteiger partial charge on any atom is 0.242 e. The molecule has 6 nitrogen and oxygen atoms in total. The Morgan fingerprint density at radius 3 is 2.48 bits per heavy atom. The quantitative estimate of drug-likeness (QED) is 0.780. The number of aromatic nitrogens is 3. The van der Waals surface area contributed by atoms with Crippen LogP contribution in [0.3, 0.4) is 0 Å². The summed E-state index contributed by atoms with van der Waals surface area (Å²) in [7, 11) is -3.59. The molecule has 2 aromatic heterocycles. The van der Waals surface area contributed by atoms with Crippen LogP contribution in [0.5, 0.6) is 0 Å². The predicted molar refractivity (Wildman–Crippen MR) is 86.5 cm³/mol. The molecule has 7 heteroatoms. The van der Waals surface area contributed by atoms with E-state index in [9.17, 15) is 8.42 Å². The summed E-state index contributed by atoms with van der Waals surface area (Å²) in [4.78, 5) is 3.99. The van der Waals surface area contributed by atoms with E-state index in [1.54, 1.807) is 23.9 Å². The minimum atomic E-state index is -3.59. The summed E-state index contributed by atoms with van der Waals surface area (Å²) < 4.78 is 29.0. The Bertz CT molecular complexity index is 860. The van der Waals surface area contributed by atoms with Crippen molar-refractivity contribution in [3.63, 3.8) is 0 Å². The van der Waals surface area contributed by atoms with E-state index >= 15 is 0 Å². The standard InChI is InChI=1S/C16H16N4O2S/c1-13(19-23(21,22)16-4-2-9-17-12-16)14-5-7-15(8-6-14)20-11-3-10-18-20/h2-13,19H,1H3/t13-/m1/s1. The Hall–Kier alpha value is -2.51. The van der Waals surface area contributed by atoms with Gasteiger partial charge in [-0.15, -0.1) is 0 Å². The zero-order valence-electron chi connectivity index (χ0n) is 12.5. The van der Waals surface area contributed by atoms with Crippen molar-refractivity contribution in [2.75, 3.05) is 0 Å². The maximum absolute atomic E-state index is 12.3. The molecule has 3 rings (SSSR count). The summed E-state index contributed by atoms with van der Waals surface area (Å²) >= 11 is 0. The average Bonchev–Trinajstić information content (AvgIpc) is 3.10. The first-order valence-electron chi connectivity index (χ1n) is 7.08. The van der Waals surface area contributed by atoms with Crippen LogP contribution < -0.4 is 4.72 Å². The molecule has 0 saturated carbocycles. The van der Waals surface area contributed by atoms with Gasteiger partial charge in [-0.3, -0.25) is 4.98 Å². The van der Waals surface area contributed by atoms with Crippen molar-refractivity contribution in [3.8, 4) is 5.69 Å². The van der Waals surface area contributed by atoms with Crippen molar-refractivity contribution in [2.45, 2.75) is 17.9 Å². The van der Waals surface area contributed by atoms with Gasteiger partial charge in [-0.2, -0.15) is 5.10 Å². The Balaban J connectivity index is 1.77. The molecule has 1 atom stereocenters. The van der Waals surface area contributed by atoms with Crippen LogP contribution in [-0.2, 0) is 10.0 Å². The van der Waals surface area contributed by atoms with Gasteiger partial charge in [0.25, 0.3) is 0 Å². The highest BCUT2D eigenvalue weighted by Gasteiger charge is 2.18. The molecule has 0 aliphatic heterocycles. The van der Waals surface area contributed by atoms with E-state index in [-0.39, 0.29) is 10.9 Å². The van der Waals surface area contributed by atoms with Crippen molar-refractivity contribution in [1.29, 1.82) is 0 Å². The smallest absolute Gasteiger partial charge is 0.242 e. The van der Waals surface area contributed by atoms with E-state index in [0.717, 1.165) is 11.3 Å². The zero-order valence-corrected chi connectivity index (χ0v) is 13.3. The normalized spacial score (nSPS) is 12.9. The molecular weight excluding hydrogens is 312 g/mol. The van der Waals surface area contributed by atoms with E-state index in [2.05, 4.69) is 14.8 Å². The molecule has 0 aliphatic rings. The third-order valence-corrected chi connectivity index (χ3v) is 4.96. The number of rotatable bonds is 5. The van der Waals surface area contributed by atoms with Crippen molar-refractivity contribution < 1.29 is 8.42 Å². The fraction of sp³-hybridized carbons (Fsp3) is 0.125. The lowest BCUT2D eigenvalue weighted by atomic mass is 10.1. The van der Waals surface area contributed by atoms with Gasteiger partial charge in [0.1, 0.15) is 4.90 Å². The fourth-order valence-corrected chi connectivity index (χ4v) is 3.41. The number of benzene rings is 1. The third kappa shape index (κ3) is 3.46. The SMILES string of the molecule is C[C@@H](NS(=O)(=O)c1cccnc1)c1ccc(-n2cccn2)cc1. The van der Waals surface area contributed by atoms with Crippen molar-refractivity contribution >= 4 is 10.0 Å². The summed E-state index contributed by atoms with van der Waals surface area (Å²) in [5.74, 6) is 0. The minimum Gasteiger partial charge on any atom is -0.263 e. The highest BCUT2D eigenvalue weighted by molar-refractivity contribution is 7.89. The predicted octanol–water partition coefficient (Wildman–Crippen LogP) is 2.31. The molecule has 0 bridgehead atoms. The second kappa shape index (κ2) is 6.31. The Morgan fingerprint density at radius 2 is 1.87 bits per heavy atom. The second-order valence-electron chi connectivity index (χ2n) is 5.07. The molecule has 3 aromatic rings. The van der Waals surface area contributed by atoms with Crippen molar-refractivity contribution in [3.05, 3.63) is 72.8 Å². The molecule has 0 radical (unpaired) electrons. The van der Waals surface area contributed by atoms with Crippen LogP contribution >= 0.6 is 0 Å². The van der Waals surface area contributed by atoms with Crippen LogP contribution in [0.2, 0.25) is 0 Å². The molecule has 0 fully saturated rings. The number of hydrogen-bond donors (Lipinski definition) is 1. The van der Waals surface area contributed by atoms with E-state index in [1.165, 1.54) is 18.5 Å². The van der Waals surface area contributed by atoms with Gasteiger partial charge >= 0.3 is 0 Å². The summed E-state index contributed by atoms with van der Waals surface area (Å²) in [6.07, 6.45) is 6.43. The van der Waals surface area contributed by atoms with Crippen LogP contribution in [0.25, 0.3) is 5.69 Å². The number of sulfonamides is 1. The molecule has 23 heavy (non-hydrogen) atoms. The molecule has 0 unspecified atom stereocenters. The van der Waals surface area contributed by atoms with Crippen LogP contribution in [0.1, 0.15) is 18.5 Å². The topological polar surface area (TPSA) is 76.9 Å². The molecule has 1 N–H and O–H groups in total. The first-order valence-corrected chi connectivity index (χ1v) is 8.57. The lowest BCUT2D eigenvalue weighted by molar-refractivity contribution is 0.566. The van der Waals surface area contributed by atoms with Gasteiger partial charge in [0.15, 0.2) is 0 Å². The first-order chi connectivity index (χ1) is 11.1. The summed E-state index contributed by atoms with van der Waals surface area (Å²) in [5.41, 5.74) is 1.79. The lowest BCUT2D eigenvalue weighted by Crippen LogP contribution is -2.27. The van der Waals surface area contributed by atoms with Crippen LogP contribution in [0.4, 0.5) is 0 Å². The van der Waals surface area contributed by atoms with Crippen LogP contribution in [0.15, 0.2) is 72.1 Å². The van der Waals surface area contributed by atoms with E-state index < -0.39 is 10.0 Å². The number of nitrogens with one attached hydrogen (secondary N) is 1. The van der Waals surface area contributed by atoms with Gasteiger partial charge < -0.3 is 0 Å². The van der Waals surface area contributed by atoms with Gasteiger partial charge in [0.05, 0.1) is 5.69 Å². The van der Waals surface area contributed by atoms with Crippen molar-refractivity contribution in [1.82, 2.24) is 19.5 Å². The minimum absolute atomic E-state index is 0.153. The highest BCUT2D eigenvalue weighted by atomic mass is 32.2. The van der Waals surface area contributed by atoms with Crippen molar-refractivity contribution in [2.24, 2.45) is 0 Å². The van der Waals surface area contributed by atoms with E-state index in [4.69, 9.17) is 0 Å². The largest absolute Gasteiger partial charge is 0.263 e. The van der Waals surface area contributed by atoms with Gasteiger partial charge in [0, 0.05) is 30.8 Å². The summed E-state index contributed by atoms with van der Waals surface area (Å²) in [6, 6.07) is 12.2. The molecule has 1 aromatic carbocycles. The Labute approximate surface area is 134 Å². The third-order valence-electron chi connectivity index (χ3n) is 3.44. The van der Waals surface area contributed by atoms with Gasteiger partial charge in [-0.1, -0.05) is 12.1 Å². The zero-order chi connectivity index (χ0) is 16.3. The first kappa shape index (κ1) is 15.4. The van der Waals surface area contributed by atoms with Gasteiger partial charge in [-0.25, -0.2) is 17.8 Å². The van der Waals surface area contributed by atoms with E-state index in [0.29, 0.717) is 0 Å². The summed E-state index contributed by atoms with van der Waals surface area (Å²) in [6.45, 7) is 1.80. The molecule has 2 heterocycles. The Morgan fingerprint density at radius 1 is 1.09 bits per heavy atom. The van der Waals surface area contributed by atoms with Crippen LogP contribution in [-0.4, -0.2) is 23.2 Å². The average molecular weight is 328 g/mol. The molecule has 0 amide bonds. The molecule has 0 saturated heterocycles. The fourth-order valence-electron chi connectivity index (χ4n) is 2.21. The highest BCUT2D eigenvalue weighted by Crippen LogP contribution is 2.18. The van der Waals surface area contributed by atoms with Crippen LogP contribution in [0, 0.1) is 0 Å². The molecule has 0 spiro atoms. The molecule has 0 aliphatic carbocycles. The monoisotopic (exact) mass is 328 g/mol. The molecule has 118 valence electrons. The van der Waals surface area contributed by atoms with Gasteiger partial charge in [0.2, 0.25) is 10.0 Å². The van der Waals surface area contributed by atoms with Gasteiger partial charge in [-0.05, 0) is 42.8 Å². The lowest BCUT2D eigenvalue weighted by Gasteiger charge is -2.15. The summed E-state index contributed by atoms with van der Waals surface area (Å²) in [5, 5.41) is 4.16.